The van der Waals surface area contributed by atoms with Crippen LogP contribution in [0.5, 0.6) is 5.75 Å². The summed E-state index contributed by atoms with van der Waals surface area (Å²) in [6.45, 7) is 7.64. The summed E-state index contributed by atoms with van der Waals surface area (Å²) in [7, 11) is -4.13. The van der Waals surface area contributed by atoms with Crippen molar-refractivity contribution >= 4 is 44.6 Å². The van der Waals surface area contributed by atoms with E-state index in [1.807, 2.05) is 26.0 Å². The molecule has 0 unspecified atom stereocenters. The Hall–Kier alpha value is -2.41. The van der Waals surface area contributed by atoms with Crippen LogP contribution in [-0.2, 0) is 10.0 Å². The fourth-order valence-electron chi connectivity index (χ4n) is 4.92. The number of nitrogens with one attached hydrogen (secondary N) is 1. The van der Waals surface area contributed by atoms with Crippen molar-refractivity contribution in [3.05, 3.63) is 80.8 Å². The van der Waals surface area contributed by atoms with Crippen molar-refractivity contribution in [2.75, 3.05) is 22.7 Å². The molecule has 2 N–H and O–H groups in total. The zero-order valence-corrected chi connectivity index (χ0v) is 21.7. The van der Waals surface area contributed by atoms with Gasteiger partial charge in [-0.05, 0) is 73.9 Å². The number of benzene rings is 3. The lowest BCUT2D eigenvalue weighted by Gasteiger charge is -2.36. The summed E-state index contributed by atoms with van der Waals surface area (Å²) in [4.78, 5) is 1.99. The number of halogens is 2. The molecule has 0 aromatic heterocycles. The van der Waals surface area contributed by atoms with Gasteiger partial charge in [-0.3, -0.25) is 4.72 Å². The SMILES string of the molecule is Cc1cc(C)c(N2CCC(c3ccccc3)CC2)c(C)c1NS(=O)(=O)c1cc(Cl)cc(Cl)c1O. The smallest absolute Gasteiger partial charge is 0.265 e. The largest absolute Gasteiger partial charge is 0.505 e. The van der Waals surface area contributed by atoms with Crippen molar-refractivity contribution in [3.63, 3.8) is 0 Å². The van der Waals surface area contributed by atoms with E-state index in [1.54, 1.807) is 0 Å². The topological polar surface area (TPSA) is 69.6 Å². The van der Waals surface area contributed by atoms with Crippen molar-refractivity contribution in [2.45, 2.75) is 44.4 Å². The number of sulfonamides is 1. The number of phenolic OH excluding ortho intramolecular Hbond substituents is 1. The molecule has 8 heteroatoms. The molecule has 3 aromatic carbocycles. The molecule has 180 valence electrons. The molecule has 0 radical (unpaired) electrons. The predicted molar refractivity (Wildman–Crippen MR) is 140 cm³/mol. The quantitative estimate of drug-likeness (QED) is 0.389. The molecule has 3 aromatic rings. The van der Waals surface area contributed by atoms with Gasteiger partial charge in [0, 0.05) is 23.8 Å². The molecule has 0 saturated carbocycles. The van der Waals surface area contributed by atoms with Crippen molar-refractivity contribution < 1.29 is 13.5 Å². The number of phenols is 1. The van der Waals surface area contributed by atoms with Crippen LogP contribution in [-0.4, -0.2) is 26.6 Å². The van der Waals surface area contributed by atoms with Gasteiger partial charge < -0.3 is 10.0 Å². The van der Waals surface area contributed by atoms with E-state index < -0.39 is 15.8 Å². The molecule has 0 bridgehead atoms. The second kappa shape index (κ2) is 9.68. The van der Waals surface area contributed by atoms with Gasteiger partial charge >= 0.3 is 0 Å². The van der Waals surface area contributed by atoms with Crippen LogP contribution in [0.2, 0.25) is 10.0 Å². The van der Waals surface area contributed by atoms with Crippen LogP contribution < -0.4 is 9.62 Å². The highest BCUT2D eigenvalue weighted by molar-refractivity contribution is 7.92. The Labute approximate surface area is 211 Å². The van der Waals surface area contributed by atoms with Crippen LogP contribution in [0.15, 0.2) is 53.4 Å². The Bertz CT molecular complexity index is 1320. The predicted octanol–water partition coefficient (Wildman–Crippen LogP) is 6.81. The lowest BCUT2D eigenvalue weighted by molar-refractivity contribution is 0.459. The number of aromatic hydroxyl groups is 1. The van der Waals surface area contributed by atoms with E-state index in [2.05, 4.69) is 40.8 Å². The van der Waals surface area contributed by atoms with Crippen molar-refractivity contribution in [1.82, 2.24) is 0 Å². The van der Waals surface area contributed by atoms with Crippen molar-refractivity contribution in [2.24, 2.45) is 0 Å². The van der Waals surface area contributed by atoms with Gasteiger partial charge in [0.05, 0.1) is 10.7 Å². The minimum Gasteiger partial charge on any atom is -0.505 e. The number of nitrogens with zero attached hydrogens (tertiary/aromatic N) is 1. The van der Waals surface area contributed by atoms with Gasteiger partial charge in [0.2, 0.25) is 0 Å². The number of hydrogen-bond acceptors (Lipinski definition) is 4. The molecule has 1 heterocycles. The minimum absolute atomic E-state index is 0.118. The van der Waals surface area contributed by atoms with Gasteiger partial charge in [0.15, 0.2) is 5.75 Å². The fourth-order valence-corrected chi connectivity index (χ4v) is 6.87. The zero-order valence-electron chi connectivity index (χ0n) is 19.4. The maximum Gasteiger partial charge on any atom is 0.265 e. The zero-order chi connectivity index (χ0) is 24.6. The first-order valence-corrected chi connectivity index (χ1v) is 13.4. The van der Waals surface area contributed by atoms with E-state index in [-0.39, 0.29) is 14.9 Å². The van der Waals surface area contributed by atoms with Crippen molar-refractivity contribution in [1.29, 1.82) is 0 Å². The third-order valence-electron chi connectivity index (χ3n) is 6.53. The highest BCUT2D eigenvalue weighted by Crippen LogP contribution is 2.40. The first-order valence-electron chi connectivity index (χ1n) is 11.2. The van der Waals surface area contributed by atoms with Gasteiger partial charge in [-0.15, -0.1) is 0 Å². The fraction of sp³-hybridized carbons (Fsp3) is 0.308. The molecule has 0 aliphatic carbocycles. The molecule has 1 aliphatic heterocycles. The summed E-state index contributed by atoms with van der Waals surface area (Å²) in [6, 6.07) is 15.1. The molecule has 0 amide bonds. The van der Waals surface area contributed by atoms with Crippen LogP contribution in [0.1, 0.15) is 41.0 Å². The minimum atomic E-state index is -4.13. The molecule has 0 atom stereocenters. The number of anilines is 2. The van der Waals surface area contributed by atoms with Crippen LogP contribution in [0, 0.1) is 20.8 Å². The highest BCUT2D eigenvalue weighted by atomic mass is 35.5. The average Bonchev–Trinajstić information content (AvgIpc) is 2.80. The normalized spacial score (nSPS) is 14.9. The summed E-state index contributed by atoms with van der Waals surface area (Å²) < 4.78 is 29.1. The molecule has 1 saturated heterocycles. The lowest BCUT2D eigenvalue weighted by atomic mass is 9.88. The highest BCUT2D eigenvalue weighted by Gasteiger charge is 2.27. The molecular formula is C26H28Cl2N2O3S. The lowest BCUT2D eigenvalue weighted by Crippen LogP contribution is -2.34. The second-order valence-electron chi connectivity index (χ2n) is 8.87. The molecule has 4 rings (SSSR count). The maximum absolute atomic E-state index is 13.2. The molecule has 5 nitrogen and oxygen atoms in total. The standard InChI is InChI=1S/C26H28Cl2N2O3S/c1-16-13-17(2)25(30-11-9-20(10-12-30)19-7-5-4-6-8-19)18(3)24(16)29-34(32,33)23-15-21(27)14-22(28)26(23)31/h4-8,13-15,20,29,31H,9-12H2,1-3H3. The average molecular weight is 519 g/mol. The Kier molecular flexibility index (Phi) is 7.04. The van der Waals surface area contributed by atoms with E-state index in [9.17, 15) is 13.5 Å². The number of rotatable bonds is 5. The summed E-state index contributed by atoms with van der Waals surface area (Å²) >= 11 is 12.0. The molecule has 1 fully saturated rings. The summed E-state index contributed by atoms with van der Waals surface area (Å²) in [5, 5.41) is 10.3. The van der Waals surface area contributed by atoms with Crippen LogP contribution in [0.25, 0.3) is 0 Å². The first-order chi connectivity index (χ1) is 16.1. The summed E-state index contributed by atoms with van der Waals surface area (Å²) in [5.41, 5.74) is 5.67. The van der Waals surface area contributed by atoms with Crippen molar-refractivity contribution in [3.8, 4) is 5.75 Å². The van der Waals surface area contributed by atoms with Crippen LogP contribution in [0.3, 0.4) is 0 Å². The van der Waals surface area contributed by atoms with Gasteiger partial charge in [0.1, 0.15) is 4.90 Å². The van der Waals surface area contributed by atoms with Gasteiger partial charge in [-0.1, -0.05) is 59.6 Å². The summed E-state index contributed by atoms with van der Waals surface area (Å²) in [5.74, 6) is 0.00114. The Balaban J connectivity index is 1.64. The number of piperidine rings is 1. The van der Waals surface area contributed by atoms with E-state index in [0.29, 0.717) is 11.6 Å². The maximum atomic E-state index is 13.2. The molecule has 1 aliphatic rings. The third-order valence-corrected chi connectivity index (χ3v) is 8.40. The third kappa shape index (κ3) is 4.85. The number of aryl methyl sites for hydroxylation is 2. The van der Waals surface area contributed by atoms with Crippen LogP contribution in [0.4, 0.5) is 11.4 Å². The van der Waals surface area contributed by atoms with Gasteiger partial charge in [0.25, 0.3) is 10.0 Å². The van der Waals surface area contributed by atoms with Crippen LogP contribution >= 0.6 is 23.2 Å². The van der Waals surface area contributed by atoms with E-state index >= 15 is 0 Å². The Morgan fingerprint density at radius 3 is 2.26 bits per heavy atom. The van der Waals surface area contributed by atoms with E-state index in [4.69, 9.17) is 23.2 Å². The van der Waals surface area contributed by atoms with Gasteiger partial charge in [-0.2, -0.15) is 0 Å². The first kappa shape index (κ1) is 24.7. The second-order valence-corrected chi connectivity index (χ2v) is 11.4. The van der Waals surface area contributed by atoms with Gasteiger partial charge in [-0.25, -0.2) is 8.42 Å². The molecule has 0 spiro atoms. The molecule has 34 heavy (non-hydrogen) atoms. The Morgan fingerprint density at radius 2 is 1.62 bits per heavy atom. The Morgan fingerprint density at radius 1 is 0.971 bits per heavy atom. The van der Waals surface area contributed by atoms with E-state index in [1.165, 1.54) is 17.7 Å². The summed E-state index contributed by atoms with van der Waals surface area (Å²) in [6.07, 6.45) is 2.07. The monoisotopic (exact) mass is 518 g/mol. The number of hydrogen-bond donors (Lipinski definition) is 2. The molecular weight excluding hydrogens is 491 g/mol. The van der Waals surface area contributed by atoms with E-state index in [0.717, 1.165) is 48.3 Å².